The van der Waals surface area contributed by atoms with Crippen molar-refractivity contribution >= 4 is 12.4 Å². The first kappa shape index (κ1) is 13.8. The van der Waals surface area contributed by atoms with E-state index in [1.54, 1.807) is 0 Å². The van der Waals surface area contributed by atoms with Crippen LogP contribution in [-0.4, -0.2) is 19.8 Å². The Labute approximate surface area is 75.9 Å². The predicted octanol–water partition coefficient (Wildman–Crippen LogP) is 1.96. The molecule has 11 heavy (non-hydrogen) atoms. The van der Waals surface area contributed by atoms with Gasteiger partial charge in [0.1, 0.15) is 0 Å². The summed E-state index contributed by atoms with van der Waals surface area (Å²) in [4.78, 5) is 0. The van der Waals surface area contributed by atoms with E-state index in [1.165, 1.54) is 25.7 Å². The fourth-order valence-corrected chi connectivity index (χ4v) is 0.816. The fourth-order valence-electron chi connectivity index (χ4n) is 0.816. The van der Waals surface area contributed by atoms with Crippen LogP contribution in [-0.2, 0) is 4.74 Å². The number of unbranched alkanes of at least 4 members (excludes halogenated alkanes) is 3. The second kappa shape index (κ2) is 12.8. The lowest BCUT2D eigenvalue weighted by Crippen LogP contribution is -2.08. The molecular weight excluding hydrogens is 162 g/mol. The smallest absolute Gasteiger partial charge is 0.0588 e. The highest BCUT2D eigenvalue weighted by atomic mass is 35.5. The van der Waals surface area contributed by atoms with Crippen molar-refractivity contribution in [2.75, 3.05) is 19.8 Å². The normalized spacial score (nSPS) is 9.27. The van der Waals surface area contributed by atoms with E-state index in [4.69, 9.17) is 10.5 Å². The van der Waals surface area contributed by atoms with Crippen LogP contribution in [0.1, 0.15) is 32.6 Å². The van der Waals surface area contributed by atoms with Crippen molar-refractivity contribution in [1.82, 2.24) is 0 Å². The van der Waals surface area contributed by atoms with Crippen LogP contribution in [0.15, 0.2) is 0 Å². The van der Waals surface area contributed by atoms with Gasteiger partial charge in [0.05, 0.1) is 6.61 Å². The largest absolute Gasteiger partial charge is 0.380 e. The number of ether oxygens (including phenoxy) is 1. The van der Waals surface area contributed by atoms with Gasteiger partial charge >= 0.3 is 0 Å². The van der Waals surface area contributed by atoms with Crippen LogP contribution in [0.4, 0.5) is 0 Å². The second-order valence-corrected chi connectivity index (χ2v) is 2.46. The van der Waals surface area contributed by atoms with Gasteiger partial charge in [0.2, 0.25) is 0 Å². The van der Waals surface area contributed by atoms with Crippen LogP contribution < -0.4 is 5.73 Å². The van der Waals surface area contributed by atoms with Crippen molar-refractivity contribution in [1.29, 1.82) is 0 Å². The first-order valence-electron chi connectivity index (χ1n) is 4.19. The van der Waals surface area contributed by atoms with Gasteiger partial charge in [-0.2, -0.15) is 0 Å². The van der Waals surface area contributed by atoms with Crippen molar-refractivity contribution in [3.8, 4) is 0 Å². The molecule has 0 aromatic heterocycles. The van der Waals surface area contributed by atoms with Crippen molar-refractivity contribution in [3.05, 3.63) is 0 Å². The quantitative estimate of drug-likeness (QED) is 0.610. The number of hydrogen-bond acceptors (Lipinski definition) is 2. The molecule has 2 N–H and O–H groups in total. The third kappa shape index (κ3) is 13.2. The van der Waals surface area contributed by atoms with Crippen molar-refractivity contribution in [2.24, 2.45) is 5.73 Å². The van der Waals surface area contributed by atoms with E-state index in [9.17, 15) is 0 Å². The van der Waals surface area contributed by atoms with Crippen LogP contribution in [0.5, 0.6) is 0 Å². The highest BCUT2D eigenvalue weighted by Gasteiger charge is 1.86. The molecule has 0 aliphatic heterocycles. The Kier molecular flexibility index (Phi) is 16.1. The molecule has 0 bridgehead atoms. The zero-order valence-electron chi connectivity index (χ0n) is 7.34. The Morgan fingerprint density at radius 1 is 1.09 bits per heavy atom. The van der Waals surface area contributed by atoms with E-state index in [0.717, 1.165) is 6.61 Å². The minimum Gasteiger partial charge on any atom is -0.380 e. The molecule has 0 unspecified atom stereocenters. The molecule has 0 spiro atoms. The lowest BCUT2D eigenvalue weighted by atomic mass is 10.2. The van der Waals surface area contributed by atoms with Gasteiger partial charge < -0.3 is 10.5 Å². The van der Waals surface area contributed by atoms with Gasteiger partial charge in [-0.3, -0.25) is 0 Å². The van der Waals surface area contributed by atoms with Crippen molar-refractivity contribution in [3.63, 3.8) is 0 Å². The molecule has 3 heteroatoms. The summed E-state index contributed by atoms with van der Waals surface area (Å²) in [5.74, 6) is 0. The molecular formula is C8H20ClNO. The standard InChI is InChI=1S/C8H19NO.ClH/c1-2-3-4-5-7-10-8-6-9;/h2-9H2,1H3;1H. The number of rotatable bonds is 7. The minimum atomic E-state index is 0. The lowest BCUT2D eigenvalue weighted by molar-refractivity contribution is 0.137. The summed E-state index contributed by atoms with van der Waals surface area (Å²) in [5, 5.41) is 0. The number of hydrogen-bond donors (Lipinski definition) is 1. The molecule has 0 aliphatic rings. The molecule has 0 atom stereocenters. The first-order valence-corrected chi connectivity index (χ1v) is 4.19. The molecule has 0 aromatic rings. The average molecular weight is 182 g/mol. The third-order valence-corrected chi connectivity index (χ3v) is 1.40. The number of halogens is 1. The molecule has 0 fully saturated rings. The molecule has 0 heterocycles. The Morgan fingerprint density at radius 3 is 2.36 bits per heavy atom. The van der Waals surface area contributed by atoms with Gasteiger partial charge in [-0.05, 0) is 6.42 Å². The molecule has 0 rings (SSSR count). The SMILES string of the molecule is CCCCCCOCCN.Cl. The van der Waals surface area contributed by atoms with Crippen molar-refractivity contribution < 1.29 is 4.74 Å². The van der Waals surface area contributed by atoms with Crippen LogP contribution in [0.3, 0.4) is 0 Å². The van der Waals surface area contributed by atoms with Crippen LogP contribution >= 0.6 is 12.4 Å². The summed E-state index contributed by atoms with van der Waals surface area (Å²) in [6.07, 6.45) is 5.10. The summed E-state index contributed by atoms with van der Waals surface area (Å²) in [7, 11) is 0. The monoisotopic (exact) mass is 181 g/mol. The van der Waals surface area contributed by atoms with Gasteiger partial charge in [-0.15, -0.1) is 12.4 Å². The maximum atomic E-state index is 5.24. The summed E-state index contributed by atoms with van der Waals surface area (Å²) in [5.41, 5.74) is 5.24. The molecule has 70 valence electrons. The van der Waals surface area contributed by atoms with Crippen LogP contribution in [0, 0.1) is 0 Å². The Bertz CT molecular complexity index is 54.1. The molecule has 0 aliphatic carbocycles. The summed E-state index contributed by atoms with van der Waals surface area (Å²) >= 11 is 0. The van der Waals surface area contributed by atoms with E-state index in [0.29, 0.717) is 13.2 Å². The van der Waals surface area contributed by atoms with E-state index < -0.39 is 0 Å². The van der Waals surface area contributed by atoms with Gasteiger partial charge in [-0.1, -0.05) is 26.2 Å². The topological polar surface area (TPSA) is 35.2 Å². The highest BCUT2D eigenvalue weighted by molar-refractivity contribution is 5.85. The Balaban J connectivity index is 0. The molecule has 0 aromatic carbocycles. The van der Waals surface area contributed by atoms with E-state index in [1.807, 2.05) is 0 Å². The van der Waals surface area contributed by atoms with Crippen LogP contribution in [0.25, 0.3) is 0 Å². The zero-order valence-corrected chi connectivity index (χ0v) is 8.16. The average Bonchev–Trinajstić information content (AvgIpc) is 1.97. The molecule has 0 saturated carbocycles. The Hall–Kier alpha value is 0.210. The first-order chi connectivity index (χ1) is 4.91. The fraction of sp³-hybridized carbons (Fsp3) is 1.00. The van der Waals surface area contributed by atoms with Crippen molar-refractivity contribution in [2.45, 2.75) is 32.6 Å². The molecule has 0 radical (unpaired) electrons. The zero-order chi connectivity index (χ0) is 7.66. The van der Waals surface area contributed by atoms with Gasteiger partial charge in [0.15, 0.2) is 0 Å². The second-order valence-electron chi connectivity index (χ2n) is 2.46. The highest BCUT2D eigenvalue weighted by Crippen LogP contribution is 1.98. The van der Waals surface area contributed by atoms with E-state index in [-0.39, 0.29) is 12.4 Å². The summed E-state index contributed by atoms with van der Waals surface area (Å²) < 4.78 is 5.20. The summed E-state index contributed by atoms with van der Waals surface area (Å²) in [6, 6.07) is 0. The Morgan fingerprint density at radius 2 is 1.82 bits per heavy atom. The minimum absolute atomic E-state index is 0. The van der Waals surface area contributed by atoms with Crippen LogP contribution in [0.2, 0.25) is 0 Å². The predicted molar refractivity (Wildman–Crippen MR) is 51.3 cm³/mol. The third-order valence-electron chi connectivity index (χ3n) is 1.40. The van der Waals surface area contributed by atoms with Gasteiger partial charge in [0.25, 0.3) is 0 Å². The molecule has 0 amide bonds. The lowest BCUT2D eigenvalue weighted by Gasteiger charge is -2.00. The maximum Gasteiger partial charge on any atom is 0.0588 e. The molecule has 0 saturated heterocycles. The van der Waals surface area contributed by atoms with Gasteiger partial charge in [0, 0.05) is 13.2 Å². The maximum absolute atomic E-state index is 5.24. The van der Waals surface area contributed by atoms with E-state index in [2.05, 4.69) is 6.92 Å². The summed E-state index contributed by atoms with van der Waals surface area (Å²) in [6.45, 7) is 4.46. The van der Waals surface area contributed by atoms with Gasteiger partial charge in [-0.25, -0.2) is 0 Å². The van der Waals surface area contributed by atoms with E-state index >= 15 is 0 Å². The molecule has 2 nitrogen and oxygen atoms in total. The number of nitrogens with two attached hydrogens (primary N) is 1.